The number of thioether (sulfide) groups is 1. The van der Waals surface area contributed by atoms with E-state index >= 15 is 0 Å². The van der Waals surface area contributed by atoms with Crippen molar-refractivity contribution in [1.82, 2.24) is 4.90 Å². The number of amides is 1. The van der Waals surface area contributed by atoms with Crippen LogP contribution in [-0.4, -0.2) is 28.1 Å². The van der Waals surface area contributed by atoms with Gasteiger partial charge in [0.25, 0.3) is 0 Å². The second kappa shape index (κ2) is 7.09. The molecule has 0 aliphatic carbocycles. The molecule has 0 unspecified atom stereocenters. The quantitative estimate of drug-likeness (QED) is 0.845. The lowest BCUT2D eigenvalue weighted by Crippen LogP contribution is -2.30. The Hall–Kier alpha value is -2.27. The average molecular weight is 341 g/mol. The molecule has 2 aromatic carbocycles. The fraction of sp³-hybridized carbons (Fsp3) is 0.263. The van der Waals surface area contributed by atoms with Gasteiger partial charge in [0.05, 0.1) is 12.0 Å². The minimum Gasteiger partial charge on any atom is -0.481 e. The minimum atomic E-state index is -0.919. The summed E-state index contributed by atoms with van der Waals surface area (Å²) in [6.45, 7) is 0.429. The summed E-state index contributed by atoms with van der Waals surface area (Å²) in [6, 6.07) is 17.1. The van der Waals surface area contributed by atoms with Crippen LogP contribution in [0.2, 0.25) is 0 Å². The van der Waals surface area contributed by atoms with Crippen LogP contribution in [-0.2, 0) is 16.1 Å². The first kappa shape index (κ1) is 16.6. The number of aliphatic carboxylic acids is 1. The molecular formula is C19H19NO3S. The zero-order chi connectivity index (χ0) is 17.1. The number of nitrogens with zero attached hydrogens (tertiary/aromatic N) is 1. The monoisotopic (exact) mass is 341 g/mol. The van der Waals surface area contributed by atoms with Gasteiger partial charge in [-0.05, 0) is 29.5 Å². The van der Waals surface area contributed by atoms with Crippen molar-refractivity contribution in [1.29, 1.82) is 0 Å². The second-order valence-electron chi connectivity index (χ2n) is 5.87. The first-order valence-corrected chi connectivity index (χ1v) is 9.03. The lowest BCUT2D eigenvalue weighted by atomic mass is 9.93. The van der Waals surface area contributed by atoms with E-state index in [1.807, 2.05) is 60.9 Å². The molecule has 1 N–H and O–H groups in total. The number of carboxylic acid groups (broad SMARTS) is 1. The molecule has 0 saturated carbocycles. The summed E-state index contributed by atoms with van der Waals surface area (Å²) in [6.07, 6.45) is 2.05. The first-order chi connectivity index (χ1) is 11.6. The van der Waals surface area contributed by atoms with Gasteiger partial charge in [0.15, 0.2) is 0 Å². The Bertz CT molecular complexity index is 730. The standard InChI is InChI=1S/C19H19NO3S/c1-24-15-9-7-14(8-10-15)18-16(19(22)23)11-17(21)20(18)12-13-5-3-2-4-6-13/h2-10,16,18H,11-12H2,1H3,(H,22,23)/t16-,18-/m0/s1. The van der Waals surface area contributed by atoms with Crippen molar-refractivity contribution in [2.45, 2.75) is 23.9 Å². The van der Waals surface area contributed by atoms with Crippen LogP contribution in [0.25, 0.3) is 0 Å². The van der Waals surface area contributed by atoms with Crippen molar-refractivity contribution >= 4 is 23.6 Å². The molecule has 1 aliphatic rings. The zero-order valence-corrected chi connectivity index (χ0v) is 14.2. The van der Waals surface area contributed by atoms with Crippen molar-refractivity contribution in [3.05, 3.63) is 65.7 Å². The van der Waals surface area contributed by atoms with Crippen LogP contribution in [0, 0.1) is 5.92 Å². The Morgan fingerprint density at radius 1 is 1.17 bits per heavy atom. The van der Waals surface area contributed by atoms with Crippen LogP contribution in [0.3, 0.4) is 0 Å². The van der Waals surface area contributed by atoms with E-state index in [-0.39, 0.29) is 12.3 Å². The van der Waals surface area contributed by atoms with Crippen molar-refractivity contribution in [2.24, 2.45) is 5.92 Å². The van der Waals surface area contributed by atoms with E-state index in [4.69, 9.17) is 0 Å². The SMILES string of the molecule is CSc1ccc([C@H]2[C@@H](C(=O)O)CC(=O)N2Cc2ccccc2)cc1. The number of rotatable bonds is 5. The van der Waals surface area contributed by atoms with Gasteiger partial charge >= 0.3 is 5.97 Å². The third-order valence-corrected chi connectivity index (χ3v) is 5.15. The molecule has 0 bridgehead atoms. The molecule has 0 spiro atoms. The molecule has 2 aromatic rings. The predicted octanol–water partition coefficient (Wildman–Crippen LogP) is 3.58. The van der Waals surface area contributed by atoms with E-state index in [1.165, 1.54) is 0 Å². The van der Waals surface area contributed by atoms with Gasteiger partial charge in [0, 0.05) is 17.9 Å². The van der Waals surface area contributed by atoms with E-state index in [0.717, 1.165) is 16.0 Å². The van der Waals surface area contributed by atoms with Crippen LogP contribution < -0.4 is 0 Å². The number of carboxylic acids is 1. The Morgan fingerprint density at radius 3 is 2.42 bits per heavy atom. The summed E-state index contributed by atoms with van der Waals surface area (Å²) in [4.78, 5) is 26.9. The topological polar surface area (TPSA) is 57.6 Å². The van der Waals surface area contributed by atoms with Crippen molar-refractivity contribution in [2.75, 3.05) is 6.26 Å². The third-order valence-electron chi connectivity index (χ3n) is 4.40. The van der Waals surface area contributed by atoms with E-state index in [1.54, 1.807) is 16.7 Å². The van der Waals surface area contributed by atoms with E-state index in [2.05, 4.69) is 0 Å². The number of likely N-dealkylation sites (tertiary alicyclic amines) is 1. The molecule has 5 heteroatoms. The number of benzene rings is 2. The summed E-state index contributed by atoms with van der Waals surface area (Å²) in [7, 11) is 0. The van der Waals surface area contributed by atoms with Crippen LogP contribution >= 0.6 is 11.8 Å². The number of hydrogen-bond donors (Lipinski definition) is 1. The minimum absolute atomic E-state index is 0.0527. The molecule has 0 aromatic heterocycles. The molecule has 3 rings (SSSR count). The molecule has 2 atom stereocenters. The summed E-state index contributed by atoms with van der Waals surface area (Å²) in [5, 5.41) is 9.56. The third kappa shape index (κ3) is 3.31. The molecule has 24 heavy (non-hydrogen) atoms. The molecule has 1 fully saturated rings. The fourth-order valence-electron chi connectivity index (χ4n) is 3.19. The van der Waals surface area contributed by atoms with Gasteiger partial charge in [-0.1, -0.05) is 42.5 Å². The molecule has 1 aliphatic heterocycles. The van der Waals surface area contributed by atoms with Gasteiger partial charge in [-0.3, -0.25) is 9.59 Å². The molecule has 124 valence electrons. The highest BCUT2D eigenvalue weighted by molar-refractivity contribution is 7.98. The number of carbonyl (C=O) groups excluding carboxylic acids is 1. The van der Waals surface area contributed by atoms with E-state index in [0.29, 0.717) is 6.54 Å². The number of carbonyl (C=O) groups is 2. The van der Waals surface area contributed by atoms with Gasteiger partial charge in [0.1, 0.15) is 0 Å². The van der Waals surface area contributed by atoms with Gasteiger partial charge in [0.2, 0.25) is 5.91 Å². The van der Waals surface area contributed by atoms with Gasteiger partial charge in [-0.15, -0.1) is 11.8 Å². The van der Waals surface area contributed by atoms with Gasteiger partial charge < -0.3 is 10.0 Å². The van der Waals surface area contributed by atoms with Crippen LogP contribution in [0.1, 0.15) is 23.6 Å². The summed E-state index contributed by atoms with van der Waals surface area (Å²) in [5.41, 5.74) is 1.88. The van der Waals surface area contributed by atoms with E-state index < -0.39 is 17.9 Å². The van der Waals surface area contributed by atoms with Gasteiger partial charge in [-0.2, -0.15) is 0 Å². The summed E-state index contributed by atoms with van der Waals surface area (Å²) in [5.74, 6) is -1.73. The van der Waals surface area contributed by atoms with Crippen LogP contribution in [0.4, 0.5) is 0 Å². The molecule has 1 heterocycles. The lowest BCUT2D eigenvalue weighted by Gasteiger charge is -2.27. The van der Waals surface area contributed by atoms with E-state index in [9.17, 15) is 14.7 Å². The highest BCUT2D eigenvalue weighted by atomic mass is 32.2. The average Bonchev–Trinajstić information content (AvgIpc) is 2.93. The number of hydrogen-bond acceptors (Lipinski definition) is 3. The van der Waals surface area contributed by atoms with Crippen molar-refractivity contribution in [3.63, 3.8) is 0 Å². The molecule has 0 radical (unpaired) electrons. The van der Waals surface area contributed by atoms with Crippen molar-refractivity contribution in [3.8, 4) is 0 Å². The molecule has 1 saturated heterocycles. The molecule has 4 nitrogen and oxygen atoms in total. The second-order valence-corrected chi connectivity index (χ2v) is 6.75. The smallest absolute Gasteiger partial charge is 0.309 e. The van der Waals surface area contributed by atoms with Crippen LogP contribution in [0.15, 0.2) is 59.5 Å². The largest absolute Gasteiger partial charge is 0.481 e. The normalized spacial score (nSPS) is 20.4. The Kier molecular flexibility index (Phi) is 4.90. The molecular weight excluding hydrogens is 322 g/mol. The Morgan fingerprint density at radius 2 is 1.83 bits per heavy atom. The Labute approximate surface area is 145 Å². The zero-order valence-electron chi connectivity index (χ0n) is 13.4. The van der Waals surface area contributed by atoms with Gasteiger partial charge in [-0.25, -0.2) is 0 Å². The fourth-order valence-corrected chi connectivity index (χ4v) is 3.60. The Balaban J connectivity index is 1.94. The van der Waals surface area contributed by atoms with Crippen molar-refractivity contribution < 1.29 is 14.7 Å². The maximum atomic E-state index is 12.5. The molecule has 1 amide bonds. The summed E-state index contributed by atoms with van der Waals surface area (Å²) >= 11 is 1.63. The maximum absolute atomic E-state index is 12.5. The predicted molar refractivity (Wildman–Crippen MR) is 93.7 cm³/mol. The first-order valence-electron chi connectivity index (χ1n) is 7.80. The lowest BCUT2D eigenvalue weighted by molar-refractivity contribution is -0.142. The highest BCUT2D eigenvalue weighted by Gasteiger charge is 2.44. The maximum Gasteiger partial charge on any atom is 0.309 e. The highest BCUT2D eigenvalue weighted by Crippen LogP contribution is 2.39. The summed E-state index contributed by atoms with van der Waals surface area (Å²) < 4.78 is 0. The van der Waals surface area contributed by atoms with Crippen LogP contribution in [0.5, 0.6) is 0 Å².